The number of nitrogens with one attached hydrogen (secondary N) is 1. The highest BCUT2D eigenvalue weighted by Gasteiger charge is 2.42. The van der Waals surface area contributed by atoms with E-state index in [2.05, 4.69) is 47.2 Å². The topological polar surface area (TPSA) is 29.9 Å². The first kappa shape index (κ1) is 15.0. The Kier molecular flexibility index (Phi) is 5.07. The van der Waals surface area contributed by atoms with Crippen molar-refractivity contribution in [2.75, 3.05) is 6.54 Å². The van der Waals surface area contributed by atoms with Gasteiger partial charge in [0.2, 0.25) is 0 Å². The standard InChI is InChI=1S/C15H26BrN3/c1-4-10-17-14(13-12(16)11-18-19(13)3)15(5-2)8-6-7-9-15/h11,14,17H,4-10H2,1-3H3. The molecule has 1 aromatic heterocycles. The minimum atomic E-state index is 0.408. The molecule has 0 bridgehead atoms. The van der Waals surface area contributed by atoms with Crippen LogP contribution in [0.25, 0.3) is 0 Å². The molecule has 1 saturated carbocycles. The Balaban J connectivity index is 2.35. The van der Waals surface area contributed by atoms with Crippen LogP contribution in [0.15, 0.2) is 10.7 Å². The molecule has 0 spiro atoms. The zero-order chi connectivity index (χ0) is 13.9. The molecule has 1 aliphatic rings. The number of hydrogen-bond acceptors (Lipinski definition) is 2. The molecule has 1 aliphatic carbocycles. The maximum absolute atomic E-state index is 4.41. The fraction of sp³-hybridized carbons (Fsp3) is 0.800. The Morgan fingerprint density at radius 3 is 2.58 bits per heavy atom. The van der Waals surface area contributed by atoms with Gasteiger partial charge in [0, 0.05) is 7.05 Å². The summed E-state index contributed by atoms with van der Waals surface area (Å²) in [6.45, 7) is 5.65. The summed E-state index contributed by atoms with van der Waals surface area (Å²) in [5, 5.41) is 8.21. The SMILES string of the molecule is CCCNC(c1c(Br)cnn1C)C1(CC)CCCC1. The summed E-state index contributed by atoms with van der Waals surface area (Å²) >= 11 is 3.69. The molecule has 1 heterocycles. The van der Waals surface area contributed by atoms with E-state index in [0.29, 0.717) is 11.5 Å². The molecule has 19 heavy (non-hydrogen) atoms. The largest absolute Gasteiger partial charge is 0.308 e. The first-order valence-corrected chi connectivity index (χ1v) is 8.34. The third-order valence-corrected chi connectivity index (χ3v) is 5.34. The molecule has 0 amide bonds. The molecule has 0 aliphatic heterocycles. The highest BCUT2D eigenvalue weighted by atomic mass is 79.9. The Morgan fingerprint density at radius 2 is 2.11 bits per heavy atom. The Morgan fingerprint density at radius 1 is 1.42 bits per heavy atom. The molecule has 0 aromatic carbocycles. The second kappa shape index (κ2) is 6.40. The molecule has 1 fully saturated rings. The summed E-state index contributed by atoms with van der Waals surface area (Å²) in [6, 6.07) is 0.418. The molecule has 0 saturated heterocycles. The van der Waals surface area contributed by atoms with Gasteiger partial charge in [-0.3, -0.25) is 4.68 Å². The molecule has 1 N–H and O–H groups in total. The van der Waals surface area contributed by atoms with Crippen molar-refractivity contribution in [1.82, 2.24) is 15.1 Å². The summed E-state index contributed by atoms with van der Waals surface area (Å²) in [4.78, 5) is 0. The zero-order valence-corrected chi connectivity index (χ0v) is 14.0. The lowest BCUT2D eigenvalue weighted by Gasteiger charge is -2.38. The quantitative estimate of drug-likeness (QED) is 0.848. The number of rotatable bonds is 6. The van der Waals surface area contributed by atoms with E-state index in [4.69, 9.17) is 0 Å². The first-order valence-electron chi connectivity index (χ1n) is 7.55. The van der Waals surface area contributed by atoms with Gasteiger partial charge in [-0.1, -0.05) is 26.7 Å². The van der Waals surface area contributed by atoms with E-state index in [1.807, 2.05) is 10.9 Å². The molecular formula is C15H26BrN3. The van der Waals surface area contributed by atoms with Crippen LogP contribution in [0.4, 0.5) is 0 Å². The number of hydrogen-bond donors (Lipinski definition) is 1. The second-order valence-corrected chi connectivity index (χ2v) is 6.67. The third-order valence-electron chi connectivity index (χ3n) is 4.73. The first-order chi connectivity index (χ1) is 9.14. The molecule has 4 heteroatoms. The lowest BCUT2D eigenvalue weighted by Crippen LogP contribution is -2.38. The van der Waals surface area contributed by atoms with Gasteiger partial charge in [0.1, 0.15) is 0 Å². The van der Waals surface area contributed by atoms with E-state index in [1.165, 1.54) is 44.2 Å². The van der Waals surface area contributed by atoms with Crippen molar-refractivity contribution in [2.24, 2.45) is 12.5 Å². The van der Waals surface area contributed by atoms with E-state index in [0.717, 1.165) is 11.0 Å². The van der Waals surface area contributed by atoms with Crippen molar-refractivity contribution in [2.45, 2.75) is 58.4 Å². The normalized spacial score (nSPS) is 19.8. The zero-order valence-electron chi connectivity index (χ0n) is 12.4. The second-order valence-electron chi connectivity index (χ2n) is 5.81. The fourth-order valence-corrected chi connectivity index (χ4v) is 4.14. The smallest absolute Gasteiger partial charge is 0.0698 e. The maximum atomic E-state index is 4.41. The summed E-state index contributed by atoms with van der Waals surface area (Å²) in [5.74, 6) is 0. The number of aryl methyl sites for hydroxylation is 1. The van der Waals surface area contributed by atoms with Gasteiger partial charge < -0.3 is 5.32 Å². The minimum Gasteiger partial charge on any atom is -0.308 e. The fourth-order valence-electron chi connectivity index (χ4n) is 3.56. The van der Waals surface area contributed by atoms with Crippen LogP contribution in [0.2, 0.25) is 0 Å². The van der Waals surface area contributed by atoms with Crippen LogP contribution < -0.4 is 5.32 Å². The predicted octanol–water partition coefficient (Wildman–Crippen LogP) is 4.19. The van der Waals surface area contributed by atoms with Crippen molar-refractivity contribution < 1.29 is 0 Å². The van der Waals surface area contributed by atoms with Gasteiger partial charge >= 0.3 is 0 Å². The lowest BCUT2D eigenvalue weighted by molar-refractivity contribution is 0.179. The third kappa shape index (κ3) is 2.89. The minimum absolute atomic E-state index is 0.408. The van der Waals surface area contributed by atoms with Gasteiger partial charge in [0.25, 0.3) is 0 Å². The van der Waals surface area contributed by atoms with Crippen LogP contribution >= 0.6 is 15.9 Å². The average Bonchev–Trinajstić information content (AvgIpc) is 3.01. The molecular weight excluding hydrogens is 302 g/mol. The van der Waals surface area contributed by atoms with Gasteiger partial charge in [0.15, 0.2) is 0 Å². The van der Waals surface area contributed by atoms with Crippen LogP contribution in [0.3, 0.4) is 0 Å². The van der Waals surface area contributed by atoms with Gasteiger partial charge in [-0.2, -0.15) is 5.10 Å². The van der Waals surface area contributed by atoms with E-state index < -0.39 is 0 Å². The van der Waals surface area contributed by atoms with E-state index in [1.54, 1.807) is 0 Å². The Bertz CT molecular complexity index is 388. The molecule has 1 aromatic rings. The van der Waals surface area contributed by atoms with Gasteiger partial charge in [0.05, 0.1) is 22.4 Å². The molecule has 108 valence electrons. The summed E-state index contributed by atoms with van der Waals surface area (Å²) < 4.78 is 3.18. The van der Waals surface area contributed by atoms with Crippen molar-refractivity contribution in [1.29, 1.82) is 0 Å². The van der Waals surface area contributed by atoms with Crippen LogP contribution in [0.1, 0.15) is 64.1 Å². The van der Waals surface area contributed by atoms with Crippen LogP contribution in [-0.2, 0) is 7.05 Å². The monoisotopic (exact) mass is 327 g/mol. The average molecular weight is 328 g/mol. The molecule has 1 atom stereocenters. The van der Waals surface area contributed by atoms with Crippen LogP contribution in [-0.4, -0.2) is 16.3 Å². The Hall–Kier alpha value is -0.350. The van der Waals surface area contributed by atoms with Crippen molar-refractivity contribution in [3.8, 4) is 0 Å². The summed E-state index contributed by atoms with van der Waals surface area (Å²) in [5.41, 5.74) is 1.73. The summed E-state index contributed by atoms with van der Waals surface area (Å²) in [7, 11) is 2.05. The van der Waals surface area contributed by atoms with Crippen molar-refractivity contribution >= 4 is 15.9 Å². The molecule has 0 radical (unpaired) electrons. The van der Waals surface area contributed by atoms with Crippen molar-refractivity contribution in [3.63, 3.8) is 0 Å². The molecule has 3 nitrogen and oxygen atoms in total. The van der Waals surface area contributed by atoms with E-state index >= 15 is 0 Å². The van der Waals surface area contributed by atoms with Gasteiger partial charge in [-0.05, 0) is 53.6 Å². The van der Waals surface area contributed by atoms with Gasteiger partial charge in [-0.25, -0.2) is 0 Å². The van der Waals surface area contributed by atoms with Crippen LogP contribution in [0.5, 0.6) is 0 Å². The highest BCUT2D eigenvalue weighted by Crippen LogP contribution is 2.50. The Labute approximate surface area is 125 Å². The highest BCUT2D eigenvalue weighted by molar-refractivity contribution is 9.10. The maximum Gasteiger partial charge on any atom is 0.0698 e. The molecule has 1 unspecified atom stereocenters. The van der Waals surface area contributed by atoms with E-state index in [-0.39, 0.29) is 0 Å². The summed E-state index contributed by atoms with van der Waals surface area (Å²) in [6.07, 6.45) is 9.75. The number of aromatic nitrogens is 2. The number of halogens is 1. The predicted molar refractivity (Wildman–Crippen MR) is 83.1 cm³/mol. The van der Waals surface area contributed by atoms with Gasteiger partial charge in [-0.15, -0.1) is 0 Å². The molecule has 2 rings (SSSR count). The lowest BCUT2D eigenvalue weighted by atomic mass is 9.74. The van der Waals surface area contributed by atoms with Crippen LogP contribution in [0, 0.1) is 5.41 Å². The van der Waals surface area contributed by atoms with E-state index in [9.17, 15) is 0 Å². The van der Waals surface area contributed by atoms with Crippen molar-refractivity contribution in [3.05, 3.63) is 16.4 Å². The number of nitrogens with zero attached hydrogens (tertiary/aromatic N) is 2.